The van der Waals surface area contributed by atoms with Gasteiger partial charge >= 0.3 is 6.36 Å². The molecule has 0 bridgehead atoms. The molecule has 0 aliphatic carbocycles. The first kappa shape index (κ1) is 12.3. The lowest BCUT2D eigenvalue weighted by Gasteiger charge is -2.13. The fourth-order valence-corrected chi connectivity index (χ4v) is 1.42. The van der Waals surface area contributed by atoms with Crippen LogP contribution in [0, 0.1) is 0 Å². The summed E-state index contributed by atoms with van der Waals surface area (Å²) in [5.74, 6) is -0.189. The molecule has 0 fully saturated rings. The normalized spacial score (nSPS) is 11.5. The van der Waals surface area contributed by atoms with Gasteiger partial charge in [-0.25, -0.2) is 0 Å². The average molecular weight is 284 g/mol. The van der Waals surface area contributed by atoms with Crippen molar-refractivity contribution in [3.05, 3.63) is 28.2 Å². The first-order valence-corrected chi connectivity index (χ1v) is 4.90. The molecule has 1 aromatic carbocycles. The fourth-order valence-electron chi connectivity index (χ4n) is 1.08. The standard InChI is InChI=1S/C9H9BrF3NO/c1-14-5-6-2-3-7(10)4-8(6)15-9(11,12)13/h2-4,14H,5H2,1H3. The van der Waals surface area contributed by atoms with Crippen LogP contribution in [0.2, 0.25) is 0 Å². The van der Waals surface area contributed by atoms with E-state index in [4.69, 9.17) is 0 Å². The van der Waals surface area contributed by atoms with Crippen LogP contribution in [0.4, 0.5) is 13.2 Å². The Kier molecular flexibility index (Phi) is 3.98. The molecular weight excluding hydrogens is 275 g/mol. The van der Waals surface area contributed by atoms with Crippen molar-refractivity contribution in [1.29, 1.82) is 0 Å². The highest BCUT2D eigenvalue weighted by molar-refractivity contribution is 9.10. The van der Waals surface area contributed by atoms with Gasteiger partial charge in [0.25, 0.3) is 0 Å². The van der Waals surface area contributed by atoms with E-state index in [1.807, 2.05) is 0 Å². The molecule has 1 aromatic rings. The van der Waals surface area contributed by atoms with E-state index in [1.165, 1.54) is 6.07 Å². The van der Waals surface area contributed by atoms with Crippen LogP contribution in [-0.2, 0) is 6.54 Å². The minimum atomic E-state index is -4.66. The molecule has 15 heavy (non-hydrogen) atoms. The van der Waals surface area contributed by atoms with E-state index in [0.717, 1.165) is 0 Å². The Morgan fingerprint density at radius 1 is 1.40 bits per heavy atom. The van der Waals surface area contributed by atoms with Gasteiger partial charge in [0.1, 0.15) is 5.75 Å². The van der Waals surface area contributed by atoms with E-state index >= 15 is 0 Å². The van der Waals surface area contributed by atoms with Gasteiger partial charge in [-0.1, -0.05) is 22.0 Å². The summed E-state index contributed by atoms with van der Waals surface area (Å²) in [6.45, 7) is 0.318. The molecule has 84 valence electrons. The molecule has 0 radical (unpaired) electrons. The lowest BCUT2D eigenvalue weighted by atomic mass is 10.2. The lowest BCUT2D eigenvalue weighted by molar-refractivity contribution is -0.274. The van der Waals surface area contributed by atoms with Gasteiger partial charge in [0.2, 0.25) is 0 Å². The Morgan fingerprint density at radius 2 is 2.07 bits per heavy atom. The van der Waals surface area contributed by atoms with Gasteiger partial charge in [0, 0.05) is 16.6 Å². The van der Waals surface area contributed by atoms with E-state index in [-0.39, 0.29) is 5.75 Å². The second kappa shape index (κ2) is 4.85. The van der Waals surface area contributed by atoms with Gasteiger partial charge in [0.05, 0.1) is 0 Å². The molecule has 6 heteroatoms. The molecule has 0 amide bonds. The zero-order chi connectivity index (χ0) is 11.5. The topological polar surface area (TPSA) is 21.3 Å². The Hall–Kier alpha value is -0.750. The third-order valence-corrected chi connectivity index (χ3v) is 2.12. The third-order valence-electron chi connectivity index (χ3n) is 1.62. The highest BCUT2D eigenvalue weighted by Crippen LogP contribution is 2.29. The maximum absolute atomic E-state index is 12.0. The van der Waals surface area contributed by atoms with Gasteiger partial charge < -0.3 is 10.1 Å². The van der Waals surface area contributed by atoms with Gasteiger partial charge in [-0.15, -0.1) is 13.2 Å². The summed E-state index contributed by atoms with van der Waals surface area (Å²) in [5.41, 5.74) is 0.457. The van der Waals surface area contributed by atoms with Crippen LogP contribution >= 0.6 is 15.9 Å². The number of hydrogen-bond donors (Lipinski definition) is 1. The number of benzene rings is 1. The molecule has 1 N–H and O–H groups in total. The first-order valence-electron chi connectivity index (χ1n) is 4.11. The van der Waals surface area contributed by atoms with Crippen molar-refractivity contribution in [3.8, 4) is 5.75 Å². The Morgan fingerprint density at radius 3 is 2.60 bits per heavy atom. The maximum atomic E-state index is 12.0. The Labute approximate surface area is 93.6 Å². The Balaban J connectivity index is 2.96. The highest BCUT2D eigenvalue weighted by atomic mass is 79.9. The fraction of sp³-hybridized carbons (Fsp3) is 0.333. The molecule has 0 spiro atoms. The summed E-state index contributed by atoms with van der Waals surface area (Å²) in [4.78, 5) is 0. The van der Waals surface area contributed by atoms with Crippen molar-refractivity contribution >= 4 is 15.9 Å². The van der Waals surface area contributed by atoms with Crippen LogP contribution in [0.1, 0.15) is 5.56 Å². The molecular formula is C9H9BrF3NO. The van der Waals surface area contributed by atoms with Crippen LogP contribution in [0.15, 0.2) is 22.7 Å². The van der Waals surface area contributed by atoms with E-state index in [1.54, 1.807) is 19.2 Å². The molecule has 1 rings (SSSR count). The predicted molar refractivity (Wildman–Crippen MR) is 53.6 cm³/mol. The summed E-state index contributed by atoms with van der Waals surface area (Å²) in [6.07, 6.45) is -4.66. The lowest BCUT2D eigenvalue weighted by Crippen LogP contribution is -2.19. The van der Waals surface area contributed by atoms with Gasteiger partial charge in [0.15, 0.2) is 0 Å². The van der Waals surface area contributed by atoms with E-state index < -0.39 is 6.36 Å². The summed E-state index contributed by atoms with van der Waals surface area (Å²) < 4.78 is 40.5. The SMILES string of the molecule is CNCc1ccc(Br)cc1OC(F)(F)F. The molecule has 0 saturated heterocycles. The van der Waals surface area contributed by atoms with Crippen molar-refractivity contribution in [2.45, 2.75) is 12.9 Å². The molecule has 0 heterocycles. The van der Waals surface area contributed by atoms with Crippen LogP contribution in [0.5, 0.6) is 5.75 Å². The molecule has 0 aromatic heterocycles. The van der Waals surface area contributed by atoms with Gasteiger partial charge in [-0.3, -0.25) is 0 Å². The zero-order valence-electron chi connectivity index (χ0n) is 7.86. The quantitative estimate of drug-likeness (QED) is 0.921. The molecule has 0 aliphatic heterocycles. The van der Waals surface area contributed by atoms with Crippen LogP contribution in [-0.4, -0.2) is 13.4 Å². The largest absolute Gasteiger partial charge is 0.573 e. The maximum Gasteiger partial charge on any atom is 0.573 e. The van der Waals surface area contributed by atoms with Gasteiger partial charge in [-0.05, 0) is 19.2 Å². The molecule has 0 aliphatic rings. The van der Waals surface area contributed by atoms with E-state index in [9.17, 15) is 13.2 Å². The van der Waals surface area contributed by atoms with Crippen LogP contribution in [0.25, 0.3) is 0 Å². The smallest absolute Gasteiger partial charge is 0.405 e. The van der Waals surface area contributed by atoms with Crippen molar-refractivity contribution in [2.75, 3.05) is 7.05 Å². The first-order chi connectivity index (χ1) is 6.92. The van der Waals surface area contributed by atoms with Crippen molar-refractivity contribution < 1.29 is 17.9 Å². The summed E-state index contributed by atoms with van der Waals surface area (Å²) in [5, 5.41) is 2.77. The monoisotopic (exact) mass is 283 g/mol. The van der Waals surface area contributed by atoms with Crippen molar-refractivity contribution in [1.82, 2.24) is 5.32 Å². The number of rotatable bonds is 3. The number of nitrogens with one attached hydrogen (secondary N) is 1. The third kappa shape index (κ3) is 4.09. The minimum Gasteiger partial charge on any atom is -0.405 e. The van der Waals surface area contributed by atoms with E-state index in [0.29, 0.717) is 16.6 Å². The zero-order valence-corrected chi connectivity index (χ0v) is 9.45. The second-order valence-electron chi connectivity index (χ2n) is 2.83. The minimum absolute atomic E-state index is 0.189. The highest BCUT2D eigenvalue weighted by Gasteiger charge is 2.32. The summed E-state index contributed by atoms with van der Waals surface area (Å²) >= 11 is 3.09. The molecule has 0 saturated carbocycles. The summed E-state index contributed by atoms with van der Waals surface area (Å²) in [7, 11) is 1.65. The Bertz CT molecular complexity index is 341. The van der Waals surface area contributed by atoms with Crippen LogP contribution < -0.4 is 10.1 Å². The van der Waals surface area contributed by atoms with E-state index in [2.05, 4.69) is 26.0 Å². The average Bonchev–Trinajstić information content (AvgIpc) is 2.07. The number of halogens is 4. The van der Waals surface area contributed by atoms with Gasteiger partial charge in [-0.2, -0.15) is 0 Å². The summed E-state index contributed by atoms with van der Waals surface area (Å²) in [6, 6.07) is 4.53. The predicted octanol–water partition coefficient (Wildman–Crippen LogP) is 3.07. The van der Waals surface area contributed by atoms with Crippen molar-refractivity contribution in [3.63, 3.8) is 0 Å². The molecule has 2 nitrogen and oxygen atoms in total. The van der Waals surface area contributed by atoms with Crippen LogP contribution in [0.3, 0.4) is 0 Å². The second-order valence-corrected chi connectivity index (χ2v) is 3.75. The number of alkyl halides is 3. The van der Waals surface area contributed by atoms with Crippen molar-refractivity contribution in [2.24, 2.45) is 0 Å². The number of hydrogen-bond acceptors (Lipinski definition) is 2. The molecule has 0 unspecified atom stereocenters. The molecule has 0 atom stereocenters. The number of ether oxygens (including phenoxy) is 1.